The topological polar surface area (TPSA) is 66.8 Å². The molecule has 1 N–H and O–H groups in total. The molecule has 0 spiro atoms. The third-order valence-electron chi connectivity index (χ3n) is 4.29. The van der Waals surface area contributed by atoms with Gasteiger partial charge in [0, 0.05) is 6.54 Å². The Morgan fingerprint density at radius 3 is 2.86 bits per heavy atom. The number of ether oxygens (including phenoxy) is 1. The van der Waals surface area contributed by atoms with Crippen molar-refractivity contribution in [3.63, 3.8) is 0 Å². The largest absolute Gasteiger partial charge is 0.484 e. The zero-order chi connectivity index (χ0) is 14.8. The first-order valence-corrected chi connectivity index (χ1v) is 7.42. The van der Waals surface area contributed by atoms with Gasteiger partial charge in [0.25, 0.3) is 5.91 Å². The van der Waals surface area contributed by atoms with Crippen LogP contribution in [-0.2, 0) is 22.4 Å². The van der Waals surface area contributed by atoms with Crippen molar-refractivity contribution in [1.29, 1.82) is 0 Å². The van der Waals surface area contributed by atoms with Crippen molar-refractivity contribution in [2.24, 2.45) is 0 Å². The van der Waals surface area contributed by atoms with Crippen LogP contribution < -0.4 is 4.74 Å². The van der Waals surface area contributed by atoms with E-state index in [0.29, 0.717) is 18.7 Å². The normalized spacial score (nSPS) is 20.4. The highest BCUT2D eigenvalue weighted by atomic mass is 16.5. The lowest BCUT2D eigenvalue weighted by Crippen LogP contribution is -2.42. The van der Waals surface area contributed by atoms with Crippen molar-refractivity contribution in [2.75, 3.05) is 13.2 Å². The van der Waals surface area contributed by atoms with E-state index in [9.17, 15) is 9.59 Å². The standard InChI is InChI=1S/C16H19NO4/c18-15(17-8-2-5-14(17)16(19)20)10-21-13-7-6-11-3-1-4-12(11)9-13/h6-7,9,14H,1-5,8,10H2,(H,19,20). The molecular weight excluding hydrogens is 270 g/mol. The number of likely N-dealkylation sites (tertiary alicyclic amines) is 1. The molecule has 5 heteroatoms. The fourth-order valence-corrected chi connectivity index (χ4v) is 3.19. The number of hydrogen-bond donors (Lipinski definition) is 1. The van der Waals surface area contributed by atoms with Crippen molar-refractivity contribution in [1.82, 2.24) is 4.90 Å². The van der Waals surface area contributed by atoms with E-state index < -0.39 is 12.0 Å². The molecule has 1 heterocycles. The minimum atomic E-state index is -0.932. The summed E-state index contributed by atoms with van der Waals surface area (Å²) in [4.78, 5) is 24.6. The minimum Gasteiger partial charge on any atom is -0.484 e. The smallest absolute Gasteiger partial charge is 0.326 e. The highest BCUT2D eigenvalue weighted by Gasteiger charge is 2.33. The molecule has 0 radical (unpaired) electrons. The van der Waals surface area contributed by atoms with Gasteiger partial charge in [-0.3, -0.25) is 4.79 Å². The summed E-state index contributed by atoms with van der Waals surface area (Å²) in [5.74, 6) is -0.492. The summed E-state index contributed by atoms with van der Waals surface area (Å²) in [6.45, 7) is 0.409. The number of carboxylic acid groups (broad SMARTS) is 1. The molecule has 1 amide bonds. The van der Waals surface area contributed by atoms with Crippen LogP contribution in [0.25, 0.3) is 0 Å². The van der Waals surface area contributed by atoms with Gasteiger partial charge in [0.1, 0.15) is 11.8 Å². The fourth-order valence-electron chi connectivity index (χ4n) is 3.19. The first-order chi connectivity index (χ1) is 10.1. The molecule has 0 aromatic heterocycles. The molecule has 1 saturated heterocycles. The molecule has 1 unspecified atom stereocenters. The van der Waals surface area contributed by atoms with Gasteiger partial charge < -0.3 is 14.7 Å². The molecule has 1 atom stereocenters. The van der Waals surface area contributed by atoms with E-state index in [0.717, 1.165) is 19.3 Å². The maximum Gasteiger partial charge on any atom is 0.326 e. The summed E-state index contributed by atoms with van der Waals surface area (Å²) in [6, 6.07) is 5.24. The van der Waals surface area contributed by atoms with E-state index in [1.54, 1.807) is 0 Å². The highest BCUT2D eigenvalue weighted by molar-refractivity contribution is 5.85. The molecule has 1 aromatic rings. The van der Waals surface area contributed by atoms with Crippen LogP contribution in [0.3, 0.4) is 0 Å². The number of rotatable bonds is 4. The summed E-state index contributed by atoms with van der Waals surface area (Å²) in [7, 11) is 0. The van der Waals surface area contributed by atoms with Gasteiger partial charge in [-0.25, -0.2) is 4.79 Å². The SMILES string of the molecule is O=C(O)C1CCCN1C(=O)COc1ccc2c(c1)CCC2. The number of carboxylic acids is 1. The van der Waals surface area contributed by atoms with Gasteiger partial charge in [0.05, 0.1) is 0 Å². The Bertz CT molecular complexity index is 569. The lowest BCUT2D eigenvalue weighted by Gasteiger charge is -2.21. The van der Waals surface area contributed by atoms with E-state index in [2.05, 4.69) is 6.07 Å². The maximum absolute atomic E-state index is 12.1. The molecule has 0 saturated carbocycles. The number of benzene rings is 1. The lowest BCUT2D eigenvalue weighted by molar-refractivity contribution is -0.148. The summed E-state index contributed by atoms with van der Waals surface area (Å²) in [5.41, 5.74) is 2.66. The van der Waals surface area contributed by atoms with Crippen molar-refractivity contribution >= 4 is 11.9 Å². The quantitative estimate of drug-likeness (QED) is 0.915. The number of fused-ring (bicyclic) bond motifs is 1. The molecule has 1 aromatic carbocycles. The molecule has 3 rings (SSSR count). The van der Waals surface area contributed by atoms with Gasteiger partial charge in [-0.1, -0.05) is 6.07 Å². The Balaban J connectivity index is 1.60. The zero-order valence-electron chi connectivity index (χ0n) is 11.9. The number of aryl methyl sites for hydroxylation is 2. The number of carbonyl (C=O) groups excluding carboxylic acids is 1. The number of nitrogens with zero attached hydrogens (tertiary/aromatic N) is 1. The van der Waals surface area contributed by atoms with Crippen LogP contribution in [0.4, 0.5) is 0 Å². The Kier molecular flexibility index (Phi) is 3.82. The van der Waals surface area contributed by atoms with Gasteiger partial charge in [0.15, 0.2) is 6.61 Å². The van der Waals surface area contributed by atoms with Gasteiger partial charge in [0.2, 0.25) is 0 Å². The Labute approximate surface area is 123 Å². The molecule has 0 bridgehead atoms. The Morgan fingerprint density at radius 2 is 2.05 bits per heavy atom. The van der Waals surface area contributed by atoms with Crippen LogP contribution >= 0.6 is 0 Å². The molecule has 1 aliphatic heterocycles. The van der Waals surface area contributed by atoms with Crippen LogP contribution in [-0.4, -0.2) is 41.1 Å². The molecule has 112 valence electrons. The average Bonchev–Trinajstić information content (AvgIpc) is 3.12. The summed E-state index contributed by atoms with van der Waals surface area (Å²) in [5, 5.41) is 9.09. The predicted molar refractivity (Wildman–Crippen MR) is 76.3 cm³/mol. The second kappa shape index (κ2) is 5.76. The first kappa shape index (κ1) is 13.9. The minimum absolute atomic E-state index is 0.0947. The highest BCUT2D eigenvalue weighted by Crippen LogP contribution is 2.26. The van der Waals surface area contributed by atoms with Gasteiger partial charge in [-0.15, -0.1) is 0 Å². The van der Waals surface area contributed by atoms with Crippen LogP contribution in [0.2, 0.25) is 0 Å². The van der Waals surface area contributed by atoms with Crippen molar-refractivity contribution in [3.8, 4) is 5.75 Å². The van der Waals surface area contributed by atoms with Crippen molar-refractivity contribution in [3.05, 3.63) is 29.3 Å². The van der Waals surface area contributed by atoms with E-state index >= 15 is 0 Å². The molecule has 1 fully saturated rings. The van der Waals surface area contributed by atoms with E-state index in [1.807, 2.05) is 12.1 Å². The number of hydrogen-bond acceptors (Lipinski definition) is 3. The van der Waals surface area contributed by atoms with Crippen molar-refractivity contribution < 1.29 is 19.4 Å². The molecule has 2 aliphatic rings. The van der Waals surface area contributed by atoms with E-state index in [1.165, 1.54) is 22.4 Å². The van der Waals surface area contributed by atoms with Gasteiger partial charge in [-0.05, 0) is 55.4 Å². The summed E-state index contributed by atoms with van der Waals surface area (Å²) < 4.78 is 5.55. The summed E-state index contributed by atoms with van der Waals surface area (Å²) >= 11 is 0. The number of carbonyl (C=O) groups is 2. The van der Waals surface area contributed by atoms with E-state index in [-0.39, 0.29) is 12.5 Å². The average molecular weight is 289 g/mol. The predicted octanol–water partition coefficient (Wildman–Crippen LogP) is 1.63. The van der Waals surface area contributed by atoms with Crippen LogP contribution in [0, 0.1) is 0 Å². The zero-order valence-corrected chi connectivity index (χ0v) is 11.9. The molecule has 1 aliphatic carbocycles. The van der Waals surface area contributed by atoms with Gasteiger partial charge in [-0.2, -0.15) is 0 Å². The molecule has 21 heavy (non-hydrogen) atoms. The van der Waals surface area contributed by atoms with Crippen molar-refractivity contribution in [2.45, 2.75) is 38.1 Å². The second-order valence-corrected chi connectivity index (χ2v) is 5.66. The third kappa shape index (κ3) is 2.86. The lowest BCUT2D eigenvalue weighted by atomic mass is 10.1. The van der Waals surface area contributed by atoms with Crippen LogP contribution in [0.15, 0.2) is 18.2 Å². The number of aliphatic carboxylic acids is 1. The summed E-state index contributed by atoms with van der Waals surface area (Å²) in [6.07, 6.45) is 4.61. The van der Waals surface area contributed by atoms with Gasteiger partial charge >= 0.3 is 5.97 Å². The third-order valence-corrected chi connectivity index (χ3v) is 4.29. The second-order valence-electron chi connectivity index (χ2n) is 5.66. The van der Waals surface area contributed by atoms with Crippen LogP contribution in [0.5, 0.6) is 5.75 Å². The van der Waals surface area contributed by atoms with Crippen LogP contribution in [0.1, 0.15) is 30.4 Å². The molecular formula is C16H19NO4. The monoisotopic (exact) mass is 289 g/mol. The first-order valence-electron chi connectivity index (χ1n) is 7.42. The number of amides is 1. The maximum atomic E-state index is 12.1. The molecule has 5 nitrogen and oxygen atoms in total. The van der Waals surface area contributed by atoms with E-state index in [4.69, 9.17) is 9.84 Å². The fraction of sp³-hybridized carbons (Fsp3) is 0.500. The Hall–Kier alpha value is -2.04. The Morgan fingerprint density at radius 1 is 1.24 bits per heavy atom.